The first-order valence-corrected chi connectivity index (χ1v) is 7.21. The van der Waals surface area contributed by atoms with E-state index in [1.54, 1.807) is 6.08 Å². The Morgan fingerprint density at radius 1 is 1.05 bits per heavy atom. The molecule has 1 N–H and O–H groups in total. The first-order chi connectivity index (χ1) is 10.8. The molecule has 1 amide bonds. The minimum Gasteiger partial charge on any atom is -0.486 e. The van der Waals surface area contributed by atoms with Gasteiger partial charge in [0.05, 0.1) is 0 Å². The van der Waals surface area contributed by atoms with Gasteiger partial charge in [0.25, 0.3) is 0 Å². The summed E-state index contributed by atoms with van der Waals surface area (Å²) in [5.41, 5.74) is 1.97. The molecule has 0 spiro atoms. The van der Waals surface area contributed by atoms with E-state index in [0.29, 0.717) is 19.8 Å². The molecule has 0 saturated heterocycles. The fourth-order valence-corrected chi connectivity index (χ4v) is 2.18. The average molecular weight is 295 g/mol. The topological polar surface area (TPSA) is 47.6 Å². The zero-order chi connectivity index (χ0) is 15.2. The quantitative estimate of drug-likeness (QED) is 0.882. The molecule has 0 radical (unpaired) electrons. The van der Waals surface area contributed by atoms with Crippen LogP contribution in [0.25, 0.3) is 6.08 Å². The van der Waals surface area contributed by atoms with Crippen molar-refractivity contribution in [3.63, 3.8) is 0 Å². The van der Waals surface area contributed by atoms with Crippen LogP contribution >= 0.6 is 0 Å². The summed E-state index contributed by atoms with van der Waals surface area (Å²) in [4.78, 5) is 11.8. The van der Waals surface area contributed by atoms with E-state index in [2.05, 4.69) is 5.32 Å². The maximum absolute atomic E-state index is 11.8. The number of rotatable bonds is 4. The number of carbonyl (C=O) groups excluding carboxylic acids is 1. The van der Waals surface area contributed by atoms with Gasteiger partial charge in [-0.1, -0.05) is 36.4 Å². The van der Waals surface area contributed by atoms with Crippen molar-refractivity contribution in [1.29, 1.82) is 0 Å². The lowest BCUT2D eigenvalue weighted by atomic mass is 10.1. The van der Waals surface area contributed by atoms with E-state index in [1.165, 1.54) is 6.08 Å². The summed E-state index contributed by atoms with van der Waals surface area (Å²) >= 11 is 0. The summed E-state index contributed by atoms with van der Waals surface area (Å²) in [6.45, 7) is 1.65. The zero-order valence-electron chi connectivity index (χ0n) is 12.1. The molecule has 0 atom stereocenters. The standard InChI is InChI=1S/C18H17NO3/c20-18(19-13-15-4-2-1-3-5-15)9-7-14-6-8-16-17(12-14)22-11-10-21-16/h1-9,12H,10-11,13H2,(H,19,20). The van der Waals surface area contributed by atoms with Gasteiger partial charge in [-0.2, -0.15) is 0 Å². The number of carbonyl (C=O) groups is 1. The molecule has 0 unspecified atom stereocenters. The van der Waals surface area contributed by atoms with Crippen molar-refractivity contribution in [3.8, 4) is 11.5 Å². The Morgan fingerprint density at radius 3 is 2.64 bits per heavy atom. The van der Waals surface area contributed by atoms with Crippen molar-refractivity contribution >= 4 is 12.0 Å². The van der Waals surface area contributed by atoms with Gasteiger partial charge < -0.3 is 14.8 Å². The van der Waals surface area contributed by atoms with Gasteiger partial charge in [0.2, 0.25) is 5.91 Å². The molecule has 0 saturated carbocycles. The van der Waals surface area contributed by atoms with E-state index in [-0.39, 0.29) is 5.91 Å². The molecule has 0 aromatic heterocycles. The largest absolute Gasteiger partial charge is 0.486 e. The molecule has 1 aliphatic rings. The van der Waals surface area contributed by atoms with E-state index in [9.17, 15) is 4.79 Å². The molecule has 2 aromatic carbocycles. The predicted molar refractivity (Wildman–Crippen MR) is 84.8 cm³/mol. The van der Waals surface area contributed by atoms with Gasteiger partial charge in [-0.15, -0.1) is 0 Å². The van der Waals surface area contributed by atoms with Crippen LogP contribution in [0.4, 0.5) is 0 Å². The Bertz CT molecular complexity index is 680. The van der Waals surface area contributed by atoms with E-state index in [4.69, 9.17) is 9.47 Å². The second-order valence-corrected chi connectivity index (χ2v) is 4.94. The molecule has 22 heavy (non-hydrogen) atoms. The maximum Gasteiger partial charge on any atom is 0.244 e. The van der Waals surface area contributed by atoms with Crippen LogP contribution in [0, 0.1) is 0 Å². The third-order valence-electron chi connectivity index (χ3n) is 3.30. The molecule has 4 heteroatoms. The Kier molecular flexibility index (Phi) is 4.39. The van der Waals surface area contributed by atoms with Gasteiger partial charge >= 0.3 is 0 Å². The van der Waals surface area contributed by atoms with Crippen LogP contribution in [0.5, 0.6) is 11.5 Å². The molecular weight excluding hydrogens is 278 g/mol. The Balaban J connectivity index is 1.58. The second kappa shape index (κ2) is 6.80. The number of benzene rings is 2. The maximum atomic E-state index is 11.8. The first kappa shape index (κ1) is 14.2. The molecule has 0 fully saturated rings. The molecule has 0 bridgehead atoms. The molecular formula is C18H17NO3. The van der Waals surface area contributed by atoms with Gasteiger partial charge in [-0.3, -0.25) is 4.79 Å². The van der Waals surface area contributed by atoms with Crippen LogP contribution < -0.4 is 14.8 Å². The highest BCUT2D eigenvalue weighted by Gasteiger charge is 2.10. The van der Waals surface area contributed by atoms with Crippen LogP contribution in [-0.4, -0.2) is 19.1 Å². The van der Waals surface area contributed by atoms with Crippen molar-refractivity contribution in [2.45, 2.75) is 6.54 Å². The summed E-state index contributed by atoms with van der Waals surface area (Å²) in [5.74, 6) is 1.34. The Hall–Kier alpha value is -2.75. The average Bonchev–Trinajstić information content (AvgIpc) is 2.59. The number of amides is 1. The highest BCUT2D eigenvalue weighted by Crippen LogP contribution is 2.30. The summed E-state index contributed by atoms with van der Waals surface area (Å²) in [6.07, 6.45) is 3.28. The highest BCUT2D eigenvalue weighted by molar-refractivity contribution is 5.91. The van der Waals surface area contributed by atoms with Crippen molar-refractivity contribution in [2.24, 2.45) is 0 Å². The molecule has 0 aliphatic carbocycles. The van der Waals surface area contributed by atoms with Crippen molar-refractivity contribution in [3.05, 3.63) is 65.7 Å². The van der Waals surface area contributed by atoms with Crippen LogP contribution in [0.15, 0.2) is 54.6 Å². The third kappa shape index (κ3) is 3.67. The fourth-order valence-electron chi connectivity index (χ4n) is 2.18. The molecule has 3 rings (SSSR count). The minimum atomic E-state index is -0.126. The zero-order valence-corrected chi connectivity index (χ0v) is 12.1. The summed E-state index contributed by atoms with van der Waals surface area (Å²) in [5, 5.41) is 2.85. The number of hydrogen-bond acceptors (Lipinski definition) is 3. The SMILES string of the molecule is O=C(C=Cc1ccc2c(c1)OCCO2)NCc1ccccc1. The van der Waals surface area contributed by atoms with Crippen molar-refractivity contribution in [2.75, 3.05) is 13.2 Å². The summed E-state index contributed by atoms with van der Waals surface area (Å²) in [7, 11) is 0. The third-order valence-corrected chi connectivity index (χ3v) is 3.30. The Labute approximate surface area is 129 Å². The van der Waals surface area contributed by atoms with E-state index in [0.717, 1.165) is 22.6 Å². The van der Waals surface area contributed by atoms with Crippen molar-refractivity contribution in [1.82, 2.24) is 5.32 Å². The lowest BCUT2D eigenvalue weighted by Crippen LogP contribution is -2.20. The number of nitrogens with one attached hydrogen (secondary N) is 1. The Morgan fingerprint density at radius 2 is 1.82 bits per heavy atom. The molecule has 1 aliphatic heterocycles. The van der Waals surface area contributed by atoms with Gasteiger partial charge in [0, 0.05) is 12.6 Å². The van der Waals surface area contributed by atoms with Crippen molar-refractivity contribution < 1.29 is 14.3 Å². The summed E-state index contributed by atoms with van der Waals surface area (Å²) < 4.78 is 11.0. The van der Waals surface area contributed by atoms with Crippen LogP contribution in [0.2, 0.25) is 0 Å². The van der Waals surface area contributed by atoms with Crippen LogP contribution in [0.1, 0.15) is 11.1 Å². The van der Waals surface area contributed by atoms with Gasteiger partial charge in [0.1, 0.15) is 13.2 Å². The van der Waals surface area contributed by atoms with Gasteiger partial charge in [0.15, 0.2) is 11.5 Å². The predicted octanol–water partition coefficient (Wildman–Crippen LogP) is 2.79. The van der Waals surface area contributed by atoms with Gasteiger partial charge in [-0.05, 0) is 29.3 Å². The molecule has 112 valence electrons. The number of ether oxygens (including phenoxy) is 2. The van der Waals surface area contributed by atoms with E-state index < -0.39 is 0 Å². The molecule has 2 aromatic rings. The highest BCUT2D eigenvalue weighted by atomic mass is 16.6. The second-order valence-electron chi connectivity index (χ2n) is 4.94. The lowest BCUT2D eigenvalue weighted by molar-refractivity contribution is -0.116. The lowest BCUT2D eigenvalue weighted by Gasteiger charge is -2.18. The van der Waals surface area contributed by atoms with Gasteiger partial charge in [-0.25, -0.2) is 0 Å². The van der Waals surface area contributed by atoms with E-state index in [1.807, 2.05) is 48.5 Å². The smallest absolute Gasteiger partial charge is 0.244 e. The normalized spacial score (nSPS) is 13.1. The molecule has 1 heterocycles. The minimum absolute atomic E-state index is 0.126. The van der Waals surface area contributed by atoms with Crippen LogP contribution in [-0.2, 0) is 11.3 Å². The number of fused-ring (bicyclic) bond motifs is 1. The molecule has 4 nitrogen and oxygen atoms in total. The first-order valence-electron chi connectivity index (χ1n) is 7.21. The van der Waals surface area contributed by atoms with Crippen LogP contribution in [0.3, 0.4) is 0 Å². The number of hydrogen-bond donors (Lipinski definition) is 1. The monoisotopic (exact) mass is 295 g/mol. The van der Waals surface area contributed by atoms with E-state index >= 15 is 0 Å². The fraction of sp³-hybridized carbons (Fsp3) is 0.167. The summed E-state index contributed by atoms with van der Waals surface area (Å²) in [6, 6.07) is 15.4.